The number of nitrogens with one attached hydrogen (secondary N) is 1. The minimum absolute atomic E-state index is 0. The second-order valence-corrected chi connectivity index (χ2v) is 7.56. The largest absolute Gasteiger partial charge is 0.385 e. The highest BCUT2D eigenvalue weighted by Crippen LogP contribution is 2.14. The fraction of sp³-hybridized carbons (Fsp3) is 0.950. The van der Waals surface area contributed by atoms with E-state index in [-0.39, 0.29) is 24.0 Å². The number of halogens is 1. The van der Waals surface area contributed by atoms with Gasteiger partial charge in [0.25, 0.3) is 0 Å². The Kier molecular flexibility index (Phi) is 15.7. The SMILES string of the molecule is CCNC(=NCCN(C(C)C)C(C)C)N1CCC(OCCCOC)CC1.I. The van der Waals surface area contributed by atoms with Crippen molar-refractivity contribution in [1.82, 2.24) is 15.1 Å². The highest BCUT2D eigenvalue weighted by atomic mass is 127. The van der Waals surface area contributed by atoms with E-state index < -0.39 is 0 Å². The summed E-state index contributed by atoms with van der Waals surface area (Å²) in [6.45, 7) is 17.5. The predicted molar refractivity (Wildman–Crippen MR) is 125 cm³/mol. The van der Waals surface area contributed by atoms with Gasteiger partial charge in [0.05, 0.1) is 12.6 Å². The van der Waals surface area contributed by atoms with Gasteiger partial charge in [0.1, 0.15) is 0 Å². The molecule has 6 nitrogen and oxygen atoms in total. The molecule has 0 aliphatic carbocycles. The van der Waals surface area contributed by atoms with E-state index in [1.807, 2.05) is 0 Å². The summed E-state index contributed by atoms with van der Waals surface area (Å²) in [7, 11) is 1.74. The van der Waals surface area contributed by atoms with E-state index in [0.29, 0.717) is 18.2 Å². The zero-order chi connectivity index (χ0) is 19.4. The van der Waals surface area contributed by atoms with Gasteiger partial charge in [0.2, 0.25) is 0 Å². The van der Waals surface area contributed by atoms with Crippen molar-refractivity contribution in [3.05, 3.63) is 0 Å². The van der Waals surface area contributed by atoms with Gasteiger partial charge in [-0.3, -0.25) is 9.89 Å². The second kappa shape index (κ2) is 15.8. The standard InChI is InChI=1S/C20H42N4O2.HI/c1-7-21-20(22-11-14-24(17(2)3)18(4)5)23-12-9-19(10-13-23)26-16-8-15-25-6;/h17-19H,7-16H2,1-6H3,(H,21,22);1H. The molecule has 1 aliphatic heterocycles. The van der Waals surface area contributed by atoms with Crippen molar-refractivity contribution in [2.24, 2.45) is 4.99 Å². The normalized spacial score (nSPS) is 16.3. The maximum atomic E-state index is 5.96. The molecule has 1 rings (SSSR count). The van der Waals surface area contributed by atoms with Crippen LogP contribution in [0.15, 0.2) is 4.99 Å². The fourth-order valence-corrected chi connectivity index (χ4v) is 3.50. The van der Waals surface area contributed by atoms with Gasteiger partial charge in [-0.05, 0) is 53.9 Å². The van der Waals surface area contributed by atoms with Crippen LogP contribution < -0.4 is 5.32 Å². The minimum Gasteiger partial charge on any atom is -0.385 e. The van der Waals surface area contributed by atoms with Crippen LogP contribution in [0.2, 0.25) is 0 Å². The monoisotopic (exact) mass is 498 g/mol. The third-order valence-corrected chi connectivity index (χ3v) is 4.87. The molecule has 27 heavy (non-hydrogen) atoms. The Morgan fingerprint density at radius 1 is 1.15 bits per heavy atom. The van der Waals surface area contributed by atoms with Crippen molar-refractivity contribution in [3.8, 4) is 0 Å². The number of hydrogen-bond acceptors (Lipinski definition) is 4. The quantitative estimate of drug-likeness (QED) is 0.205. The first-order valence-corrected chi connectivity index (χ1v) is 10.4. The van der Waals surface area contributed by atoms with E-state index in [4.69, 9.17) is 14.5 Å². The van der Waals surface area contributed by atoms with Crippen LogP contribution in [0, 0.1) is 0 Å². The van der Waals surface area contributed by atoms with Crippen molar-refractivity contribution in [3.63, 3.8) is 0 Å². The maximum Gasteiger partial charge on any atom is 0.193 e. The Morgan fingerprint density at radius 3 is 2.30 bits per heavy atom. The molecule has 0 aromatic carbocycles. The number of piperidine rings is 1. The molecule has 0 aromatic rings. The second-order valence-electron chi connectivity index (χ2n) is 7.56. The predicted octanol–water partition coefficient (Wildman–Crippen LogP) is 3.21. The molecule has 0 bridgehead atoms. The molecule has 0 atom stereocenters. The van der Waals surface area contributed by atoms with Gasteiger partial charge in [0, 0.05) is 58.6 Å². The molecule has 0 saturated carbocycles. The fourth-order valence-electron chi connectivity index (χ4n) is 3.50. The number of nitrogens with zero attached hydrogens (tertiary/aromatic N) is 3. The topological polar surface area (TPSA) is 49.3 Å². The summed E-state index contributed by atoms with van der Waals surface area (Å²) >= 11 is 0. The Balaban J connectivity index is 0.00000676. The smallest absolute Gasteiger partial charge is 0.193 e. The lowest BCUT2D eigenvalue weighted by Gasteiger charge is -2.34. The molecule has 162 valence electrons. The van der Waals surface area contributed by atoms with E-state index in [0.717, 1.165) is 71.2 Å². The van der Waals surface area contributed by atoms with Crippen LogP contribution in [0.5, 0.6) is 0 Å². The Hall–Kier alpha value is -0.120. The van der Waals surface area contributed by atoms with Crippen LogP contribution in [0.3, 0.4) is 0 Å². The summed E-state index contributed by atoms with van der Waals surface area (Å²) in [5, 5.41) is 3.46. The van der Waals surface area contributed by atoms with E-state index in [1.54, 1.807) is 7.11 Å². The molecule has 0 aromatic heterocycles. The highest BCUT2D eigenvalue weighted by Gasteiger charge is 2.22. The van der Waals surface area contributed by atoms with Crippen LogP contribution in [-0.2, 0) is 9.47 Å². The van der Waals surface area contributed by atoms with Crippen molar-refractivity contribution in [2.75, 3.05) is 53.0 Å². The zero-order valence-corrected chi connectivity index (χ0v) is 20.7. The molecule has 1 heterocycles. The highest BCUT2D eigenvalue weighted by molar-refractivity contribution is 14.0. The van der Waals surface area contributed by atoms with Gasteiger partial charge >= 0.3 is 0 Å². The molecule has 0 unspecified atom stereocenters. The number of guanidine groups is 1. The van der Waals surface area contributed by atoms with Gasteiger partial charge in [-0.1, -0.05) is 0 Å². The van der Waals surface area contributed by atoms with Gasteiger partial charge in [-0.25, -0.2) is 0 Å². The summed E-state index contributed by atoms with van der Waals surface area (Å²) in [4.78, 5) is 9.76. The number of likely N-dealkylation sites (tertiary alicyclic amines) is 1. The van der Waals surface area contributed by atoms with E-state index >= 15 is 0 Å². The molecule has 1 fully saturated rings. The lowest BCUT2D eigenvalue weighted by molar-refractivity contribution is 0.00989. The third-order valence-electron chi connectivity index (χ3n) is 4.87. The van der Waals surface area contributed by atoms with E-state index in [9.17, 15) is 0 Å². The van der Waals surface area contributed by atoms with Crippen molar-refractivity contribution >= 4 is 29.9 Å². The summed E-state index contributed by atoms with van der Waals surface area (Å²) in [6, 6.07) is 1.11. The number of ether oxygens (including phenoxy) is 2. The molecular weight excluding hydrogens is 455 g/mol. The van der Waals surface area contributed by atoms with Crippen molar-refractivity contribution < 1.29 is 9.47 Å². The first-order chi connectivity index (χ1) is 12.5. The van der Waals surface area contributed by atoms with Crippen LogP contribution >= 0.6 is 24.0 Å². The Labute approximate surface area is 184 Å². The van der Waals surface area contributed by atoms with Gasteiger partial charge in [-0.15, -0.1) is 24.0 Å². The van der Waals surface area contributed by atoms with Crippen LogP contribution in [0.1, 0.15) is 53.9 Å². The summed E-state index contributed by atoms with van der Waals surface area (Å²) in [5.74, 6) is 1.05. The van der Waals surface area contributed by atoms with Gasteiger partial charge in [-0.2, -0.15) is 0 Å². The number of aliphatic imine (C=N–C) groups is 1. The van der Waals surface area contributed by atoms with Crippen LogP contribution in [0.4, 0.5) is 0 Å². The maximum absolute atomic E-state index is 5.96. The summed E-state index contributed by atoms with van der Waals surface area (Å²) in [6.07, 6.45) is 3.50. The molecule has 0 amide bonds. The van der Waals surface area contributed by atoms with Crippen LogP contribution in [-0.4, -0.2) is 87.0 Å². The zero-order valence-electron chi connectivity index (χ0n) is 18.4. The first kappa shape index (κ1) is 26.9. The number of rotatable bonds is 11. The summed E-state index contributed by atoms with van der Waals surface area (Å²) in [5.41, 5.74) is 0. The average molecular weight is 498 g/mol. The van der Waals surface area contributed by atoms with Crippen molar-refractivity contribution in [2.45, 2.75) is 72.1 Å². The molecule has 1 aliphatic rings. The first-order valence-electron chi connectivity index (χ1n) is 10.4. The van der Waals surface area contributed by atoms with E-state index in [1.165, 1.54) is 0 Å². The van der Waals surface area contributed by atoms with Crippen LogP contribution in [0.25, 0.3) is 0 Å². The Morgan fingerprint density at radius 2 is 1.78 bits per heavy atom. The number of methoxy groups -OCH3 is 1. The lowest BCUT2D eigenvalue weighted by atomic mass is 10.1. The average Bonchev–Trinajstić information content (AvgIpc) is 2.61. The molecule has 1 saturated heterocycles. The molecule has 0 spiro atoms. The van der Waals surface area contributed by atoms with Crippen molar-refractivity contribution in [1.29, 1.82) is 0 Å². The lowest BCUT2D eigenvalue weighted by Crippen LogP contribution is -2.47. The van der Waals surface area contributed by atoms with Gasteiger partial charge < -0.3 is 19.7 Å². The van der Waals surface area contributed by atoms with E-state index in [2.05, 4.69) is 49.7 Å². The summed E-state index contributed by atoms with van der Waals surface area (Å²) < 4.78 is 11.0. The third kappa shape index (κ3) is 10.9. The Bertz CT molecular complexity index is 378. The molecule has 7 heteroatoms. The molecule has 1 N–H and O–H groups in total. The molecule has 0 radical (unpaired) electrons. The number of hydrogen-bond donors (Lipinski definition) is 1. The minimum atomic E-state index is 0. The molecular formula is C20H43IN4O2. The van der Waals surface area contributed by atoms with Gasteiger partial charge in [0.15, 0.2) is 5.96 Å².